The van der Waals surface area contributed by atoms with E-state index in [4.69, 9.17) is 10.8 Å². The summed E-state index contributed by atoms with van der Waals surface area (Å²) in [5.74, 6) is -2.34. The molecule has 0 radical (unpaired) electrons. The first-order valence-corrected chi connectivity index (χ1v) is 6.06. The Morgan fingerprint density at radius 3 is 2.42 bits per heavy atom. The summed E-state index contributed by atoms with van der Waals surface area (Å²) >= 11 is 0. The van der Waals surface area contributed by atoms with Crippen LogP contribution in [0.5, 0.6) is 0 Å². The van der Waals surface area contributed by atoms with Crippen LogP contribution in [0, 0.1) is 11.7 Å². The van der Waals surface area contributed by atoms with Crippen LogP contribution in [0.1, 0.15) is 23.2 Å². The zero-order valence-corrected chi connectivity index (χ0v) is 10.3. The molecule has 1 saturated heterocycles. The molecular formula is C13H15FN2O3. The van der Waals surface area contributed by atoms with Crippen LogP contribution < -0.4 is 10.6 Å². The fraction of sp³-hybridized carbons (Fsp3) is 0.385. The number of nitrogens with zero attached hydrogens (tertiary/aromatic N) is 1. The number of nitrogens with two attached hydrogens (primary N) is 1. The number of carboxylic acids is 1. The Morgan fingerprint density at radius 1 is 1.32 bits per heavy atom. The van der Waals surface area contributed by atoms with Gasteiger partial charge in [0, 0.05) is 18.7 Å². The molecule has 1 heterocycles. The first-order chi connectivity index (χ1) is 8.99. The van der Waals surface area contributed by atoms with Crippen molar-refractivity contribution in [3.63, 3.8) is 0 Å². The number of amides is 1. The molecule has 102 valence electrons. The van der Waals surface area contributed by atoms with Crippen molar-refractivity contribution in [3.05, 3.63) is 29.6 Å². The number of carboxylic acid groups (broad SMARTS) is 1. The number of piperidine rings is 1. The Kier molecular flexibility index (Phi) is 3.69. The average Bonchev–Trinajstić information content (AvgIpc) is 2.38. The molecule has 19 heavy (non-hydrogen) atoms. The largest absolute Gasteiger partial charge is 0.481 e. The van der Waals surface area contributed by atoms with Gasteiger partial charge in [-0.1, -0.05) is 0 Å². The Bertz CT molecular complexity index is 511. The molecule has 0 saturated carbocycles. The summed E-state index contributed by atoms with van der Waals surface area (Å²) in [5, 5.41) is 8.90. The first-order valence-electron chi connectivity index (χ1n) is 6.06. The van der Waals surface area contributed by atoms with Crippen LogP contribution in [0.25, 0.3) is 0 Å². The molecule has 0 aliphatic carbocycles. The predicted octanol–water partition coefficient (Wildman–Crippen LogP) is 1.23. The zero-order chi connectivity index (χ0) is 14.0. The number of anilines is 1. The van der Waals surface area contributed by atoms with Gasteiger partial charge in [-0.3, -0.25) is 9.59 Å². The number of benzene rings is 1. The van der Waals surface area contributed by atoms with Crippen molar-refractivity contribution in [3.8, 4) is 0 Å². The van der Waals surface area contributed by atoms with E-state index >= 15 is 0 Å². The van der Waals surface area contributed by atoms with Gasteiger partial charge in [0.05, 0.1) is 11.6 Å². The van der Waals surface area contributed by atoms with E-state index in [2.05, 4.69) is 0 Å². The molecule has 0 unspecified atom stereocenters. The van der Waals surface area contributed by atoms with E-state index in [0.717, 1.165) is 6.07 Å². The van der Waals surface area contributed by atoms with Crippen LogP contribution >= 0.6 is 0 Å². The zero-order valence-electron chi connectivity index (χ0n) is 10.3. The second-order valence-electron chi connectivity index (χ2n) is 4.63. The predicted molar refractivity (Wildman–Crippen MR) is 67.5 cm³/mol. The van der Waals surface area contributed by atoms with Crippen molar-refractivity contribution in [2.75, 3.05) is 18.0 Å². The Morgan fingerprint density at radius 2 is 1.95 bits per heavy atom. The van der Waals surface area contributed by atoms with E-state index in [1.54, 1.807) is 4.90 Å². The van der Waals surface area contributed by atoms with Crippen LogP contribution in [-0.4, -0.2) is 30.1 Å². The third-order valence-electron chi connectivity index (χ3n) is 3.42. The molecule has 3 N–H and O–H groups in total. The second kappa shape index (κ2) is 5.26. The summed E-state index contributed by atoms with van der Waals surface area (Å²) in [7, 11) is 0. The lowest BCUT2D eigenvalue weighted by Gasteiger charge is -2.32. The van der Waals surface area contributed by atoms with Crippen molar-refractivity contribution in [2.45, 2.75) is 12.8 Å². The van der Waals surface area contributed by atoms with Crippen molar-refractivity contribution in [1.29, 1.82) is 0 Å². The van der Waals surface area contributed by atoms with Gasteiger partial charge in [-0.15, -0.1) is 0 Å². The Balaban J connectivity index is 2.11. The average molecular weight is 266 g/mol. The minimum absolute atomic E-state index is 0.127. The van der Waals surface area contributed by atoms with E-state index in [1.807, 2.05) is 0 Å². The van der Waals surface area contributed by atoms with Gasteiger partial charge < -0.3 is 15.7 Å². The Hall–Kier alpha value is -2.11. The van der Waals surface area contributed by atoms with E-state index in [1.165, 1.54) is 12.1 Å². The van der Waals surface area contributed by atoms with Crippen LogP contribution in [0.4, 0.5) is 10.1 Å². The van der Waals surface area contributed by atoms with E-state index in [0.29, 0.717) is 31.6 Å². The smallest absolute Gasteiger partial charge is 0.306 e. The highest BCUT2D eigenvalue weighted by atomic mass is 19.1. The standard InChI is InChI=1S/C13H15FN2O3/c14-10-7-9(12(15)17)1-2-11(10)16-5-3-8(4-6-16)13(18)19/h1-2,7-8H,3-6H2,(H2,15,17)(H,18,19). The summed E-state index contributed by atoms with van der Waals surface area (Å²) < 4.78 is 13.9. The maximum Gasteiger partial charge on any atom is 0.306 e. The summed E-state index contributed by atoms with van der Waals surface area (Å²) in [5.41, 5.74) is 5.59. The maximum atomic E-state index is 13.9. The van der Waals surface area contributed by atoms with Gasteiger partial charge in [0.2, 0.25) is 5.91 Å². The molecule has 0 bridgehead atoms. The van der Waals surface area contributed by atoms with Crippen LogP contribution in [-0.2, 0) is 4.79 Å². The van der Waals surface area contributed by atoms with E-state index < -0.39 is 17.7 Å². The fourth-order valence-corrected chi connectivity index (χ4v) is 2.28. The molecule has 1 aliphatic rings. The van der Waals surface area contributed by atoms with Crippen molar-refractivity contribution in [2.24, 2.45) is 11.7 Å². The minimum atomic E-state index is -0.802. The number of hydrogen-bond donors (Lipinski definition) is 2. The summed E-state index contributed by atoms with van der Waals surface area (Å²) in [4.78, 5) is 23.6. The molecule has 1 fully saturated rings. The molecule has 5 nitrogen and oxygen atoms in total. The van der Waals surface area contributed by atoms with Crippen LogP contribution in [0.2, 0.25) is 0 Å². The summed E-state index contributed by atoms with van der Waals surface area (Å²) in [6.45, 7) is 0.980. The number of aliphatic carboxylic acids is 1. The first kappa shape index (κ1) is 13.3. The number of primary amides is 1. The maximum absolute atomic E-state index is 13.9. The normalized spacial score (nSPS) is 16.4. The molecule has 0 atom stereocenters. The number of halogens is 1. The molecule has 2 rings (SSSR count). The summed E-state index contributed by atoms with van der Waals surface area (Å²) in [6.07, 6.45) is 0.985. The minimum Gasteiger partial charge on any atom is -0.481 e. The molecule has 6 heteroatoms. The Labute approximate surface area is 109 Å². The van der Waals surface area contributed by atoms with E-state index in [-0.39, 0.29) is 11.5 Å². The summed E-state index contributed by atoms with van der Waals surface area (Å²) in [6, 6.07) is 4.10. The number of hydrogen-bond acceptors (Lipinski definition) is 3. The van der Waals surface area contributed by atoms with Gasteiger partial charge in [-0.25, -0.2) is 4.39 Å². The van der Waals surface area contributed by atoms with E-state index in [9.17, 15) is 14.0 Å². The van der Waals surface area contributed by atoms with Gasteiger partial charge >= 0.3 is 5.97 Å². The third kappa shape index (κ3) is 2.83. The molecule has 0 spiro atoms. The molecule has 1 amide bonds. The van der Waals surface area contributed by atoms with Crippen molar-refractivity contribution >= 4 is 17.6 Å². The van der Waals surface area contributed by atoms with Gasteiger partial charge in [-0.05, 0) is 31.0 Å². The van der Waals surface area contributed by atoms with Crippen molar-refractivity contribution in [1.82, 2.24) is 0 Å². The fourth-order valence-electron chi connectivity index (χ4n) is 2.28. The molecule has 1 aliphatic heterocycles. The van der Waals surface area contributed by atoms with Gasteiger partial charge in [-0.2, -0.15) is 0 Å². The lowest BCUT2D eigenvalue weighted by molar-refractivity contribution is -0.142. The highest BCUT2D eigenvalue weighted by molar-refractivity contribution is 5.93. The van der Waals surface area contributed by atoms with Gasteiger partial charge in [0.15, 0.2) is 0 Å². The van der Waals surface area contributed by atoms with Crippen molar-refractivity contribution < 1.29 is 19.1 Å². The highest BCUT2D eigenvalue weighted by Crippen LogP contribution is 2.26. The van der Waals surface area contributed by atoms with Crippen LogP contribution in [0.3, 0.4) is 0 Å². The second-order valence-corrected chi connectivity index (χ2v) is 4.63. The number of rotatable bonds is 3. The topological polar surface area (TPSA) is 83.6 Å². The van der Waals surface area contributed by atoms with Crippen LogP contribution in [0.15, 0.2) is 18.2 Å². The molecule has 1 aromatic carbocycles. The number of carbonyl (C=O) groups excluding carboxylic acids is 1. The quantitative estimate of drug-likeness (QED) is 0.861. The highest BCUT2D eigenvalue weighted by Gasteiger charge is 2.25. The molecule has 1 aromatic rings. The monoisotopic (exact) mass is 266 g/mol. The SMILES string of the molecule is NC(=O)c1ccc(N2CCC(C(=O)O)CC2)c(F)c1. The van der Waals surface area contributed by atoms with Gasteiger partial charge in [0.25, 0.3) is 0 Å². The third-order valence-corrected chi connectivity index (χ3v) is 3.42. The lowest BCUT2D eigenvalue weighted by Crippen LogP contribution is -2.36. The van der Waals surface area contributed by atoms with Gasteiger partial charge in [0.1, 0.15) is 5.82 Å². The molecular weight excluding hydrogens is 251 g/mol. The number of carbonyl (C=O) groups is 2. The lowest BCUT2D eigenvalue weighted by atomic mass is 9.96. The molecule has 0 aromatic heterocycles.